The highest BCUT2D eigenvalue weighted by Crippen LogP contribution is 2.24. The number of halogens is 2. The summed E-state index contributed by atoms with van der Waals surface area (Å²) in [5.41, 5.74) is 0.760. The molecule has 184 valence electrons. The first-order valence-corrected chi connectivity index (χ1v) is 11.3. The van der Waals surface area contributed by atoms with Crippen LogP contribution in [0.4, 0.5) is 16.0 Å². The molecule has 35 heavy (non-hydrogen) atoms. The number of anilines is 2. The maximum absolute atomic E-state index is 14.5. The Morgan fingerprint density at radius 2 is 1.89 bits per heavy atom. The number of ketones is 1. The summed E-state index contributed by atoms with van der Waals surface area (Å²) in [7, 11) is 0. The molecule has 0 aliphatic rings. The second-order valence-corrected chi connectivity index (χ2v) is 8.61. The Kier molecular flexibility index (Phi) is 8.59. The molecule has 0 saturated heterocycles. The first-order valence-electron chi connectivity index (χ1n) is 10.9. The normalized spacial score (nSPS) is 10.9. The van der Waals surface area contributed by atoms with E-state index in [1.54, 1.807) is 44.2 Å². The van der Waals surface area contributed by atoms with Crippen molar-refractivity contribution in [2.45, 2.75) is 45.8 Å². The third-order valence-electron chi connectivity index (χ3n) is 4.93. The van der Waals surface area contributed by atoms with Gasteiger partial charge in [-0.1, -0.05) is 23.7 Å². The van der Waals surface area contributed by atoms with Crippen molar-refractivity contribution in [3.05, 3.63) is 81.0 Å². The molecule has 0 amide bonds. The van der Waals surface area contributed by atoms with Crippen LogP contribution < -0.4 is 15.6 Å². The number of hydrogen-bond donors (Lipinski definition) is 2. The first kappa shape index (κ1) is 25.9. The average Bonchev–Trinajstić information content (AvgIpc) is 2.79. The number of nitrogens with one attached hydrogen (secondary N) is 1. The zero-order valence-corrected chi connectivity index (χ0v) is 20.0. The molecule has 1 heterocycles. The summed E-state index contributed by atoms with van der Waals surface area (Å²) in [6.07, 6.45) is 0.341. The lowest BCUT2D eigenvalue weighted by Crippen LogP contribution is -2.28. The van der Waals surface area contributed by atoms with Crippen LogP contribution in [0.25, 0.3) is 0 Å². The highest BCUT2D eigenvalue weighted by atomic mass is 35.5. The van der Waals surface area contributed by atoms with Crippen LogP contribution in [-0.4, -0.2) is 32.5 Å². The Morgan fingerprint density at radius 3 is 2.51 bits per heavy atom. The van der Waals surface area contributed by atoms with Crippen LogP contribution in [0.2, 0.25) is 5.02 Å². The van der Waals surface area contributed by atoms with Crippen LogP contribution in [0, 0.1) is 5.82 Å². The third kappa shape index (κ3) is 7.38. The summed E-state index contributed by atoms with van der Waals surface area (Å²) in [6, 6.07) is 11.2. The second-order valence-electron chi connectivity index (χ2n) is 8.17. The predicted octanol–water partition coefficient (Wildman–Crippen LogP) is 4.59. The largest absolute Gasteiger partial charge is 0.488 e. The summed E-state index contributed by atoms with van der Waals surface area (Å²) in [4.78, 5) is 40.5. The van der Waals surface area contributed by atoms with Gasteiger partial charge in [-0.2, -0.15) is 0 Å². The van der Waals surface area contributed by atoms with Gasteiger partial charge in [0.15, 0.2) is 11.6 Å². The molecule has 0 saturated carbocycles. The molecule has 3 rings (SSSR count). The predicted molar refractivity (Wildman–Crippen MR) is 130 cm³/mol. The average molecular weight is 502 g/mol. The first-order chi connectivity index (χ1) is 16.6. The van der Waals surface area contributed by atoms with Crippen LogP contribution in [0.15, 0.2) is 53.5 Å². The fourth-order valence-corrected chi connectivity index (χ4v) is 3.40. The lowest BCUT2D eigenvalue weighted by molar-refractivity contribution is -0.138. The Labute approximate surface area is 206 Å². The summed E-state index contributed by atoms with van der Waals surface area (Å²) < 4.78 is 21.2. The Hall–Kier alpha value is -3.72. The molecule has 1 aromatic heterocycles. The molecule has 10 heteroatoms. The molecular weight excluding hydrogens is 477 g/mol. The minimum absolute atomic E-state index is 0.104. The zero-order chi connectivity index (χ0) is 25.5. The minimum Gasteiger partial charge on any atom is -0.488 e. The molecule has 2 aromatic carbocycles. The Bertz CT molecular complexity index is 1280. The van der Waals surface area contributed by atoms with Gasteiger partial charge in [-0.15, -0.1) is 0 Å². The Morgan fingerprint density at radius 1 is 1.17 bits per heavy atom. The summed E-state index contributed by atoms with van der Waals surface area (Å²) in [5.74, 6) is -1.80. The monoisotopic (exact) mass is 501 g/mol. The number of carboxylic acids is 1. The third-order valence-corrected chi connectivity index (χ3v) is 5.18. The number of carbonyl (C=O) groups is 2. The van der Waals surface area contributed by atoms with Crippen LogP contribution in [0.3, 0.4) is 0 Å². The van der Waals surface area contributed by atoms with Crippen molar-refractivity contribution in [3.8, 4) is 5.75 Å². The fourth-order valence-electron chi connectivity index (χ4n) is 3.28. The number of carboxylic acid groups (broad SMARTS) is 1. The summed E-state index contributed by atoms with van der Waals surface area (Å²) in [6.45, 7) is 3.69. The molecule has 0 aliphatic carbocycles. The van der Waals surface area contributed by atoms with E-state index in [1.165, 1.54) is 22.9 Å². The molecule has 2 N–H and O–H groups in total. The number of ether oxygens (including phenoxy) is 1. The van der Waals surface area contributed by atoms with Crippen molar-refractivity contribution in [2.75, 3.05) is 5.32 Å². The summed E-state index contributed by atoms with van der Waals surface area (Å²) >= 11 is 5.96. The van der Waals surface area contributed by atoms with E-state index in [1.807, 2.05) is 0 Å². The molecule has 0 unspecified atom stereocenters. The zero-order valence-electron chi connectivity index (χ0n) is 19.3. The lowest BCUT2D eigenvalue weighted by atomic mass is 10.1. The standard InChI is InChI=1S/C25H25ClFN3O5/c1-15(2)35-22-9-7-19(12-21(22)27)29-25-28-13-17(11-20(31)8-10-23(32)33)24(34)30(25)14-16-3-5-18(26)6-4-16/h3-7,9,12-13,15H,8,10-11,14H2,1-2H3,(H,28,29)(H,32,33). The van der Waals surface area contributed by atoms with Crippen molar-refractivity contribution >= 4 is 35.0 Å². The highest BCUT2D eigenvalue weighted by Gasteiger charge is 2.16. The van der Waals surface area contributed by atoms with Crippen molar-refractivity contribution in [3.63, 3.8) is 0 Å². The molecular formula is C25H25ClFN3O5. The van der Waals surface area contributed by atoms with Crippen LogP contribution >= 0.6 is 11.6 Å². The van der Waals surface area contributed by atoms with Crippen molar-refractivity contribution in [2.24, 2.45) is 0 Å². The van der Waals surface area contributed by atoms with Gasteiger partial charge in [-0.05, 0) is 43.7 Å². The van der Waals surface area contributed by atoms with E-state index in [9.17, 15) is 18.8 Å². The van der Waals surface area contributed by atoms with E-state index >= 15 is 0 Å². The maximum Gasteiger partial charge on any atom is 0.303 e. The number of carbonyl (C=O) groups excluding carboxylic acids is 1. The van der Waals surface area contributed by atoms with E-state index < -0.39 is 17.3 Å². The van der Waals surface area contributed by atoms with E-state index in [2.05, 4.69) is 10.3 Å². The number of hydrogen-bond acceptors (Lipinski definition) is 6. The van der Waals surface area contributed by atoms with Gasteiger partial charge in [0.2, 0.25) is 5.95 Å². The van der Waals surface area contributed by atoms with Crippen molar-refractivity contribution in [1.82, 2.24) is 9.55 Å². The molecule has 0 aliphatic heterocycles. The molecule has 0 spiro atoms. The molecule has 0 fully saturated rings. The van der Waals surface area contributed by atoms with E-state index in [4.69, 9.17) is 21.4 Å². The van der Waals surface area contributed by atoms with Gasteiger partial charge in [-0.3, -0.25) is 19.0 Å². The fraction of sp³-hybridized carbons (Fsp3) is 0.280. The highest BCUT2D eigenvalue weighted by molar-refractivity contribution is 6.30. The van der Waals surface area contributed by atoms with E-state index in [0.29, 0.717) is 10.7 Å². The Balaban J connectivity index is 1.93. The smallest absolute Gasteiger partial charge is 0.303 e. The van der Waals surface area contributed by atoms with Gasteiger partial charge >= 0.3 is 5.97 Å². The maximum atomic E-state index is 14.5. The molecule has 0 bridgehead atoms. The van der Waals surface area contributed by atoms with Crippen LogP contribution in [0.1, 0.15) is 37.8 Å². The number of Topliss-reactive ketones (excluding diaryl/α,β-unsaturated/α-hetero) is 1. The molecule has 3 aromatic rings. The van der Waals surface area contributed by atoms with Crippen LogP contribution in [0.5, 0.6) is 5.75 Å². The number of aromatic nitrogens is 2. The van der Waals surface area contributed by atoms with E-state index in [-0.39, 0.29) is 55.0 Å². The lowest BCUT2D eigenvalue weighted by Gasteiger charge is -2.16. The topological polar surface area (TPSA) is 111 Å². The molecule has 8 nitrogen and oxygen atoms in total. The van der Waals surface area contributed by atoms with Crippen molar-refractivity contribution < 1.29 is 23.8 Å². The minimum atomic E-state index is -1.09. The van der Waals surface area contributed by atoms with Gasteiger partial charge in [0, 0.05) is 41.4 Å². The SMILES string of the molecule is CC(C)Oc1ccc(Nc2ncc(CC(=O)CCC(=O)O)c(=O)n2Cc2ccc(Cl)cc2)cc1F. The molecule has 0 atom stereocenters. The van der Waals surface area contributed by atoms with Gasteiger partial charge in [0.1, 0.15) is 5.78 Å². The van der Waals surface area contributed by atoms with Crippen LogP contribution in [-0.2, 0) is 22.6 Å². The van der Waals surface area contributed by atoms with Gasteiger partial charge < -0.3 is 15.2 Å². The number of benzene rings is 2. The van der Waals surface area contributed by atoms with Gasteiger partial charge in [0.25, 0.3) is 5.56 Å². The number of nitrogens with zero attached hydrogens (tertiary/aromatic N) is 2. The molecule has 0 radical (unpaired) electrons. The number of rotatable bonds is 11. The van der Waals surface area contributed by atoms with Crippen molar-refractivity contribution in [1.29, 1.82) is 0 Å². The van der Waals surface area contributed by atoms with Gasteiger partial charge in [0.05, 0.1) is 19.1 Å². The van der Waals surface area contributed by atoms with E-state index in [0.717, 1.165) is 5.56 Å². The summed E-state index contributed by atoms with van der Waals surface area (Å²) in [5, 5.41) is 12.3. The van der Waals surface area contributed by atoms with Gasteiger partial charge in [-0.25, -0.2) is 9.37 Å². The second kappa shape index (κ2) is 11.6. The quantitative estimate of drug-likeness (QED) is 0.395. The number of aliphatic carboxylic acids is 1.